The molecule has 0 aromatic carbocycles. The first-order valence-corrected chi connectivity index (χ1v) is 31.5. The molecule has 6 heteroatoms. The average Bonchev–Trinajstić information content (AvgIpc) is 3.44. The Balaban J connectivity index is 4.35. The zero-order chi connectivity index (χ0) is 56.4. The van der Waals surface area contributed by atoms with Crippen molar-refractivity contribution < 1.29 is 28.6 Å². The number of carbonyl (C=O) groups excluding carboxylic acids is 3. The van der Waals surface area contributed by atoms with Crippen LogP contribution in [0.2, 0.25) is 0 Å². The van der Waals surface area contributed by atoms with Crippen molar-refractivity contribution in [3.8, 4) is 0 Å². The highest BCUT2D eigenvalue weighted by Gasteiger charge is 2.19. The molecule has 0 aromatic rings. The molecule has 0 saturated heterocycles. The number of hydrogen-bond acceptors (Lipinski definition) is 6. The molecular formula is C72H114O6. The molecule has 0 fully saturated rings. The Bertz CT molecular complexity index is 1760. The van der Waals surface area contributed by atoms with Crippen LogP contribution in [0, 0.1) is 0 Å². The van der Waals surface area contributed by atoms with Crippen LogP contribution >= 0.6 is 0 Å². The molecular weight excluding hydrogens is 961 g/mol. The maximum atomic E-state index is 12.9. The highest BCUT2D eigenvalue weighted by molar-refractivity contribution is 5.71. The summed E-state index contributed by atoms with van der Waals surface area (Å²) in [5.74, 6) is -0.954. The fourth-order valence-electron chi connectivity index (χ4n) is 8.13. The number of hydrogen-bond donors (Lipinski definition) is 0. The molecule has 0 bridgehead atoms. The Morgan fingerprint density at radius 3 is 0.795 bits per heavy atom. The molecule has 6 nitrogen and oxygen atoms in total. The van der Waals surface area contributed by atoms with Crippen LogP contribution in [-0.4, -0.2) is 37.2 Å². The van der Waals surface area contributed by atoms with Crippen LogP contribution in [0.3, 0.4) is 0 Å². The van der Waals surface area contributed by atoms with Gasteiger partial charge >= 0.3 is 17.9 Å². The standard InChI is InChI=1S/C72H114O6/c1-4-7-10-13-16-19-22-24-26-28-30-31-32-33-34-35-36-37-38-39-40-41-43-44-46-48-50-53-56-59-62-65-71(74)77-68-69(67-76-70(73)64-61-58-55-52-21-18-15-12-9-6-3)78-72(75)66-63-60-57-54-51-49-47-45-42-29-27-25-23-20-17-14-11-8-5-2/h7-8,10-11,16-17,19-20,24-27,30-31,33-34,36-37,39-40,42-45,49,51,69H,4-6,9,12-15,18,21-23,28-29,32,35,38,41,46-48,50,52-68H2,1-3H3/b10-7-,11-8-,19-16-,20-17-,26-24-,27-25-,31-30-,34-33-,37-36-,40-39-,44-43-,45-42-,51-49-. The van der Waals surface area contributed by atoms with Crippen LogP contribution in [0.25, 0.3) is 0 Å². The normalized spacial score (nSPS) is 13.2. The Labute approximate surface area is 480 Å². The van der Waals surface area contributed by atoms with E-state index < -0.39 is 6.10 Å². The SMILES string of the molecule is CC/C=C\C/C=C\C/C=C\C/C=C\C/C=C\C/C=C\C/C=C\C/C=C\CCCCCCCCC(=O)OCC(COC(=O)CCCCCCCCCCCC)OC(=O)CCCCC/C=C\C/C=C\C/C=C\C/C=C\C/C=C\CC. The third-order valence-corrected chi connectivity index (χ3v) is 12.8. The molecule has 1 atom stereocenters. The highest BCUT2D eigenvalue weighted by Crippen LogP contribution is 2.14. The van der Waals surface area contributed by atoms with Gasteiger partial charge < -0.3 is 14.2 Å². The van der Waals surface area contributed by atoms with E-state index in [0.29, 0.717) is 12.8 Å². The van der Waals surface area contributed by atoms with E-state index >= 15 is 0 Å². The molecule has 0 heterocycles. The quantitative estimate of drug-likeness (QED) is 0.0261. The molecule has 0 spiro atoms. The van der Waals surface area contributed by atoms with Crippen molar-refractivity contribution in [1.29, 1.82) is 0 Å². The molecule has 0 aliphatic heterocycles. The first kappa shape index (κ1) is 73.0. The van der Waals surface area contributed by atoms with E-state index in [-0.39, 0.29) is 37.5 Å². The minimum Gasteiger partial charge on any atom is -0.462 e. The van der Waals surface area contributed by atoms with Gasteiger partial charge in [-0.25, -0.2) is 0 Å². The predicted molar refractivity (Wildman–Crippen MR) is 338 cm³/mol. The van der Waals surface area contributed by atoms with Gasteiger partial charge in [-0.3, -0.25) is 14.4 Å². The summed E-state index contributed by atoms with van der Waals surface area (Å²) in [7, 11) is 0. The second-order valence-electron chi connectivity index (χ2n) is 20.2. The Kier molecular flexibility index (Phi) is 60.4. The van der Waals surface area contributed by atoms with Gasteiger partial charge in [-0.2, -0.15) is 0 Å². The van der Waals surface area contributed by atoms with Gasteiger partial charge in [0.25, 0.3) is 0 Å². The van der Waals surface area contributed by atoms with E-state index in [1.54, 1.807) is 0 Å². The minimum absolute atomic E-state index is 0.101. The molecule has 0 aromatic heterocycles. The van der Waals surface area contributed by atoms with Gasteiger partial charge in [0.2, 0.25) is 0 Å². The molecule has 0 amide bonds. The van der Waals surface area contributed by atoms with Crippen molar-refractivity contribution in [1.82, 2.24) is 0 Å². The summed E-state index contributed by atoms with van der Waals surface area (Å²) in [4.78, 5) is 38.2. The summed E-state index contributed by atoms with van der Waals surface area (Å²) >= 11 is 0. The van der Waals surface area contributed by atoms with Crippen molar-refractivity contribution in [2.24, 2.45) is 0 Å². The zero-order valence-electron chi connectivity index (χ0n) is 50.1. The maximum absolute atomic E-state index is 12.9. The monoisotopic (exact) mass is 1070 g/mol. The van der Waals surface area contributed by atoms with E-state index in [1.165, 1.54) is 57.8 Å². The number of ether oxygens (including phenoxy) is 3. The summed E-state index contributed by atoms with van der Waals surface area (Å²) in [5.41, 5.74) is 0. The highest BCUT2D eigenvalue weighted by atomic mass is 16.6. The van der Waals surface area contributed by atoms with Gasteiger partial charge in [0.15, 0.2) is 6.10 Å². The lowest BCUT2D eigenvalue weighted by Gasteiger charge is -2.18. The van der Waals surface area contributed by atoms with Crippen LogP contribution in [0.4, 0.5) is 0 Å². The second kappa shape index (κ2) is 64.6. The van der Waals surface area contributed by atoms with Gasteiger partial charge in [-0.05, 0) is 128 Å². The maximum Gasteiger partial charge on any atom is 0.306 e. The lowest BCUT2D eigenvalue weighted by molar-refractivity contribution is -0.167. The first-order chi connectivity index (χ1) is 38.5. The van der Waals surface area contributed by atoms with Gasteiger partial charge in [0.05, 0.1) is 0 Å². The summed E-state index contributed by atoms with van der Waals surface area (Å²) in [6.45, 7) is 6.35. The summed E-state index contributed by atoms with van der Waals surface area (Å²) in [6.07, 6.45) is 93.9. The molecule has 78 heavy (non-hydrogen) atoms. The molecule has 0 aliphatic carbocycles. The largest absolute Gasteiger partial charge is 0.462 e. The molecule has 0 radical (unpaired) electrons. The number of allylic oxidation sites excluding steroid dienone is 26. The lowest BCUT2D eigenvalue weighted by Crippen LogP contribution is -2.30. The summed E-state index contributed by atoms with van der Waals surface area (Å²) in [5, 5.41) is 0. The molecule has 1 unspecified atom stereocenters. The van der Waals surface area contributed by atoms with E-state index in [9.17, 15) is 14.4 Å². The van der Waals surface area contributed by atoms with E-state index in [1.807, 2.05) is 0 Å². The van der Waals surface area contributed by atoms with Crippen LogP contribution in [0.1, 0.15) is 258 Å². The smallest absolute Gasteiger partial charge is 0.306 e. The van der Waals surface area contributed by atoms with Crippen LogP contribution in [0.5, 0.6) is 0 Å². The van der Waals surface area contributed by atoms with Gasteiger partial charge in [0, 0.05) is 19.3 Å². The number of esters is 3. The molecule has 438 valence electrons. The molecule has 0 N–H and O–H groups in total. The van der Waals surface area contributed by atoms with E-state index in [0.717, 1.165) is 161 Å². The van der Waals surface area contributed by atoms with Crippen molar-refractivity contribution in [3.63, 3.8) is 0 Å². The van der Waals surface area contributed by atoms with E-state index in [2.05, 4.69) is 179 Å². The fraction of sp³-hybridized carbons (Fsp3) is 0.597. The number of carbonyl (C=O) groups is 3. The summed E-state index contributed by atoms with van der Waals surface area (Å²) in [6, 6.07) is 0. The third-order valence-electron chi connectivity index (χ3n) is 12.8. The number of unbranched alkanes of at least 4 members (excludes halogenated alkanes) is 18. The minimum atomic E-state index is -0.808. The van der Waals surface area contributed by atoms with Crippen molar-refractivity contribution in [3.05, 3.63) is 158 Å². The molecule has 0 rings (SSSR count). The van der Waals surface area contributed by atoms with E-state index in [4.69, 9.17) is 14.2 Å². The van der Waals surface area contributed by atoms with Crippen LogP contribution in [-0.2, 0) is 28.6 Å². The fourth-order valence-corrected chi connectivity index (χ4v) is 8.13. The predicted octanol–water partition coefficient (Wildman–Crippen LogP) is 21.7. The van der Waals surface area contributed by atoms with Gasteiger partial charge in [0.1, 0.15) is 13.2 Å². The number of rotatable bonds is 55. The Morgan fingerprint density at radius 1 is 0.269 bits per heavy atom. The van der Waals surface area contributed by atoms with Crippen molar-refractivity contribution in [2.75, 3.05) is 13.2 Å². The first-order valence-electron chi connectivity index (χ1n) is 31.5. The second-order valence-corrected chi connectivity index (χ2v) is 20.2. The molecule has 0 aliphatic rings. The molecule has 0 saturated carbocycles. The van der Waals surface area contributed by atoms with Gasteiger partial charge in [-0.15, -0.1) is 0 Å². The zero-order valence-corrected chi connectivity index (χ0v) is 50.1. The average molecular weight is 1080 g/mol. The summed E-state index contributed by atoms with van der Waals surface area (Å²) < 4.78 is 16.8. The van der Waals surface area contributed by atoms with Gasteiger partial charge in [-0.1, -0.05) is 269 Å². The Hall–Kier alpha value is -4.97. The van der Waals surface area contributed by atoms with Crippen molar-refractivity contribution >= 4 is 17.9 Å². The van der Waals surface area contributed by atoms with Crippen LogP contribution < -0.4 is 0 Å². The van der Waals surface area contributed by atoms with Crippen LogP contribution in [0.15, 0.2) is 158 Å². The Morgan fingerprint density at radius 2 is 0.500 bits per heavy atom. The van der Waals surface area contributed by atoms with Crippen molar-refractivity contribution in [2.45, 2.75) is 264 Å². The topological polar surface area (TPSA) is 78.9 Å². The third kappa shape index (κ3) is 61.9. The lowest BCUT2D eigenvalue weighted by atomic mass is 10.1.